The van der Waals surface area contributed by atoms with Crippen molar-refractivity contribution in [2.24, 2.45) is 0 Å². The van der Waals surface area contributed by atoms with Gasteiger partial charge in [-0.25, -0.2) is 9.97 Å². The van der Waals surface area contributed by atoms with Crippen LogP contribution in [0, 0.1) is 0 Å². The maximum Gasteiger partial charge on any atom is 0.152 e. The van der Waals surface area contributed by atoms with Crippen LogP contribution in [-0.2, 0) is 11.3 Å². The molecule has 0 amide bonds. The maximum absolute atomic E-state index is 6.37. The summed E-state index contributed by atoms with van der Waals surface area (Å²) in [6, 6.07) is 8.74. The predicted molar refractivity (Wildman–Crippen MR) is 111 cm³/mol. The smallest absolute Gasteiger partial charge is 0.152 e. The second-order valence-electron chi connectivity index (χ2n) is 8.07. The Morgan fingerprint density at radius 2 is 2.07 bits per heavy atom. The number of hydrogen-bond acceptors (Lipinski definition) is 6. The van der Waals surface area contributed by atoms with E-state index in [9.17, 15) is 0 Å². The van der Waals surface area contributed by atoms with Gasteiger partial charge in [0.1, 0.15) is 11.3 Å². The van der Waals surface area contributed by atoms with Crippen LogP contribution < -0.4 is 5.73 Å². The molecular formula is C21H23N7O. The molecule has 29 heavy (non-hydrogen) atoms. The summed E-state index contributed by atoms with van der Waals surface area (Å²) in [7, 11) is 1.78. The first-order valence-electron chi connectivity index (χ1n) is 10.1. The third-order valence-electron chi connectivity index (χ3n) is 6.05. The topological polar surface area (TPSA) is 97.9 Å². The van der Waals surface area contributed by atoms with Crippen LogP contribution in [0.25, 0.3) is 33.2 Å². The van der Waals surface area contributed by atoms with Gasteiger partial charge in [-0.3, -0.25) is 10.00 Å². The Morgan fingerprint density at radius 3 is 2.79 bits per heavy atom. The lowest BCUT2D eigenvalue weighted by atomic mass is 10.1. The van der Waals surface area contributed by atoms with Crippen molar-refractivity contribution in [1.29, 1.82) is 0 Å². The van der Waals surface area contributed by atoms with Crippen LogP contribution in [0.5, 0.6) is 0 Å². The number of H-pyrrole nitrogens is 1. The van der Waals surface area contributed by atoms with Gasteiger partial charge in [0.05, 0.1) is 29.4 Å². The molecule has 0 radical (unpaired) electrons. The average molecular weight is 389 g/mol. The Bertz CT molecular complexity index is 1200. The van der Waals surface area contributed by atoms with Crippen molar-refractivity contribution >= 4 is 27.8 Å². The highest BCUT2D eigenvalue weighted by atomic mass is 16.5. The Kier molecular flexibility index (Phi) is 3.66. The van der Waals surface area contributed by atoms with Crippen LogP contribution in [0.3, 0.4) is 0 Å². The number of likely N-dealkylation sites (tertiary alicyclic amines) is 1. The van der Waals surface area contributed by atoms with Gasteiger partial charge in [0.15, 0.2) is 5.82 Å². The summed E-state index contributed by atoms with van der Waals surface area (Å²) >= 11 is 0. The zero-order valence-electron chi connectivity index (χ0n) is 16.3. The highest BCUT2D eigenvalue weighted by molar-refractivity contribution is 6.07. The van der Waals surface area contributed by atoms with E-state index in [1.165, 1.54) is 12.8 Å². The Labute approximate surface area is 167 Å². The molecule has 0 atom stereocenters. The van der Waals surface area contributed by atoms with E-state index < -0.39 is 0 Å². The molecule has 8 heteroatoms. The summed E-state index contributed by atoms with van der Waals surface area (Å²) in [5.74, 6) is 1.57. The SMILES string of the molecule is COC1CN(Cc2nc3c(N)nc4cc(-c5cc[nH]n5)ccc4c3n2C2CC2)C1. The molecule has 1 saturated heterocycles. The molecule has 4 heterocycles. The van der Waals surface area contributed by atoms with Crippen LogP contribution in [0.15, 0.2) is 30.5 Å². The second-order valence-corrected chi connectivity index (χ2v) is 8.07. The summed E-state index contributed by atoms with van der Waals surface area (Å²) < 4.78 is 7.82. The third kappa shape index (κ3) is 2.71. The molecule has 2 aliphatic rings. The van der Waals surface area contributed by atoms with E-state index in [2.05, 4.69) is 42.8 Å². The van der Waals surface area contributed by atoms with Crippen molar-refractivity contribution in [3.8, 4) is 11.3 Å². The van der Waals surface area contributed by atoms with Gasteiger partial charge in [-0.1, -0.05) is 6.07 Å². The Hall–Kier alpha value is -2.97. The van der Waals surface area contributed by atoms with Crippen molar-refractivity contribution in [2.45, 2.75) is 31.5 Å². The number of nitrogens with one attached hydrogen (secondary N) is 1. The molecule has 0 spiro atoms. The van der Waals surface area contributed by atoms with Gasteiger partial charge in [0.2, 0.25) is 0 Å². The summed E-state index contributed by atoms with van der Waals surface area (Å²) in [5.41, 5.74) is 11.1. The van der Waals surface area contributed by atoms with Gasteiger partial charge in [-0.15, -0.1) is 0 Å². The van der Waals surface area contributed by atoms with Crippen molar-refractivity contribution in [3.05, 3.63) is 36.3 Å². The first kappa shape index (κ1) is 16.9. The quantitative estimate of drug-likeness (QED) is 0.545. The number of nitrogens with zero attached hydrogens (tertiary/aromatic N) is 5. The second kappa shape index (κ2) is 6.27. The predicted octanol–water partition coefficient (Wildman–Crippen LogP) is 2.72. The molecule has 4 aromatic rings. The highest BCUT2D eigenvalue weighted by Crippen LogP contribution is 2.42. The number of benzene rings is 1. The normalized spacial score (nSPS) is 18.0. The molecular weight excluding hydrogens is 366 g/mol. The molecule has 1 saturated carbocycles. The molecule has 148 valence electrons. The van der Waals surface area contributed by atoms with E-state index in [0.29, 0.717) is 18.0 Å². The Morgan fingerprint density at radius 1 is 1.21 bits per heavy atom. The van der Waals surface area contributed by atoms with E-state index >= 15 is 0 Å². The summed E-state index contributed by atoms with van der Waals surface area (Å²) in [6.07, 6.45) is 4.53. The molecule has 0 unspecified atom stereocenters. The van der Waals surface area contributed by atoms with Crippen molar-refractivity contribution in [1.82, 2.24) is 29.6 Å². The molecule has 8 nitrogen and oxygen atoms in total. The maximum atomic E-state index is 6.37. The molecule has 1 aliphatic heterocycles. The molecule has 1 aromatic carbocycles. The third-order valence-corrected chi connectivity index (χ3v) is 6.05. The van der Waals surface area contributed by atoms with Crippen molar-refractivity contribution < 1.29 is 4.74 Å². The number of pyridine rings is 1. The molecule has 0 bridgehead atoms. The number of aromatic nitrogens is 5. The average Bonchev–Trinajstić information content (AvgIpc) is 3.23. The van der Waals surface area contributed by atoms with Crippen LogP contribution in [0.2, 0.25) is 0 Å². The fourth-order valence-corrected chi connectivity index (χ4v) is 4.34. The molecule has 6 rings (SSSR count). The number of aromatic amines is 1. The van der Waals surface area contributed by atoms with E-state index in [1.54, 1.807) is 7.11 Å². The molecule has 3 aromatic heterocycles. The highest BCUT2D eigenvalue weighted by Gasteiger charge is 2.33. The number of nitrogen functional groups attached to an aromatic ring is 1. The molecule has 3 N–H and O–H groups in total. The lowest BCUT2D eigenvalue weighted by Gasteiger charge is -2.37. The zero-order chi connectivity index (χ0) is 19.5. The van der Waals surface area contributed by atoms with Gasteiger partial charge >= 0.3 is 0 Å². The van der Waals surface area contributed by atoms with Gasteiger partial charge in [0.25, 0.3) is 0 Å². The monoisotopic (exact) mass is 389 g/mol. The van der Waals surface area contributed by atoms with Crippen molar-refractivity contribution in [3.63, 3.8) is 0 Å². The van der Waals surface area contributed by atoms with Gasteiger partial charge in [-0.2, -0.15) is 5.10 Å². The van der Waals surface area contributed by atoms with Crippen LogP contribution >= 0.6 is 0 Å². The fourth-order valence-electron chi connectivity index (χ4n) is 4.34. The largest absolute Gasteiger partial charge is 0.382 e. The van der Waals surface area contributed by atoms with Crippen LogP contribution in [0.1, 0.15) is 24.7 Å². The summed E-state index contributed by atoms with van der Waals surface area (Å²) in [5, 5.41) is 8.24. The number of imidazole rings is 1. The van der Waals surface area contributed by atoms with E-state index in [1.807, 2.05) is 12.3 Å². The summed E-state index contributed by atoms with van der Waals surface area (Å²) in [6.45, 7) is 2.72. The van der Waals surface area contributed by atoms with E-state index in [-0.39, 0.29) is 0 Å². The lowest BCUT2D eigenvalue weighted by Crippen LogP contribution is -2.51. The number of ether oxygens (including phenoxy) is 1. The number of hydrogen-bond donors (Lipinski definition) is 2. The van der Waals surface area contributed by atoms with Crippen LogP contribution in [-0.4, -0.2) is 55.9 Å². The number of fused-ring (bicyclic) bond motifs is 3. The number of methoxy groups -OCH3 is 1. The minimum absolute atomic E-state index is 0.335. The van der Waals surface area contributed by atoms with E-state index in [0.717, 1.165) is 58.7 Å². The van der Waals surface area contributed by atoms with Crippen LogP contribution in [0.4, 0.5) is 5.82 Å². The van der Waals surface area contributed by atoms with Gasteiger partial charge in [-0.05, 0) is 31.0 Å². The minimum Gasteiger partial charge on any atom is -0.382 e. The first-order chi connectivity index (χ1) is 14.2. The fraction of sp³-hybridized carbons (Fsp3) is 0.381. The van der Waals surface area contributed by atoms with Gasteiger partial charge < -0.3 is 15.0 Å². The number of rotatable bonds is 5. The molecule has 1 aliphatic carbocycles. The minimum atomic E-state index is 0.335. The number of nitrogens with two attached hydrogens (primary N) is 1. The lowest BCUT2D eigenvalue weighted by molar-refractivity contribution is -0.0348. The van der Waals surface area contributed by atoms with Gasteiger partial charge in [0, 0.05) is 43.4 Å². The number of anilines is 1. The Balaban J connectivity index is 1.50. The summed E-state index contributed by atoms with van der Waals surface area (Å²) in [4.78, 5) is 12.0. The zero-order valence-corrected chi connectivity index (χ0v) is 16.3. The van der Waals surface area contributed by atoms with E-state index in [4.69, 9.17) is 15.5 Å². The standard InChI is InChI=1S/C21H23N7O/c1-29-14-9-27(10-14)11-18-25-19-20(28(18)13-3-4-13)15-5-2-12(16-6-7-23-26-16)8-17(15)24-21(19)22/h2,5-8,13-14H,3-4,9-11H2,1H3,(H2,22,24)(H,23,26). The molecule has 2 fully saturated rings. The van der Waals surface area contributed by atoms with Crippen molar-refractivity contribution in [2.75, 3.05) is 25.9 Å². The first-order valence-corrected chi connectivity index (χ1v) is 10.1.